The summed E-state index contributed by atoms with van der Waals surface area (Å²) in [6.07, 6.45) is 3.47. The van der Waals surface area contributed by atoms with E-state index < -0.39 is 15.8 Å². The number of hydrogen-bond donors (Lipinski definition) is 0. The Morgan fingerprint density at radius 2 is 1.60 bits per heavy atom. The second-order valence-electron chi connectivity index (χ2n) is 6.55. The summed E-state index contributed by atoms with van der Waals surface area (Å²) in [6.45, 7) is 3.40. The van der Waals surface area contributed by atoms with Crippen LogP contribution in [0.15, 0.2) is 29.2 Å². The van der Waals surface area contributed by atoms with Gasteiger partial charge in [0.2, 0.25) is 15.9 Å². The molecule has 0 radical (unpaired) electrons. The number of benzene rings is 1. The Kier molecular flexibility index (Phi) is 5.71. The lowest BCUT2D eigenvalue weighted by Crippen LogP contribution is -2.52. The van der Waals surface area contributed by atoms with Crippen LogP contribution in [0, 0.1) is 5.82 Å². The second-order valence-corrected chi connectivity index (χ2v) is 8.46. The first-order valence-electron chi connectivity index (χ1n) is 8.73. The summed E-state index contributed by atoms with van der Waals surface area (Å²) in [5, 5.41) is 0. The van der Waals surface area contributed by atoms with E-state index in [2.05, 4.69) is 4.90 Å². The van der Waals surface area contributed by atoms with Gasteiger partial charge in [-0.2, -0.15) is 4.31 Å². The molecule has 1 amide bonds. The Labute approximate surface area is 148 Å². The Balaban J connectivity index is 1.58. The van der Waals surface area contributed by atoms with Gasteiger partial charge in [0, 0.05) is 26.2 Å². The maximum Gasteiger partial charge on any atom is 0.246 e. The highest BCUT2D eigenvalue weighted by atomic mass is 32.2. The zero-order valence-corrected chi connectivity index (χ0v) is 15.0. The molecule has 0 atom stereocenters. The average molecular weight is 369 g/mol. The summed E-state index contributed by atoms with van der Waals surface area (Å²) >= 11 is 0. The van der Waals surface area contributed by atoms with E-state index in [-0.39, 0.29) is 23.9 Å². The van der Waals surface area contributed by atoms with Crippen molar-refractivity contribution in [3.63, 3.8) is 0 Å². The van der Waals surface area contributed by atoms with E-state index in [1.165, 1.54) is 28.9 Å². The molecule has 0 bridgehead atoms. The van der Waals surface area contributed by atoms with E-state index in [1.807, 2.05) is 0 Å². The van der Waals surface area contributed by atoms with Crippen LogP contribution < -0.4 is 0 Å². The first-order chi connectivity index (χ1) is 12.0. The van der Waals surface area contributed by atoms with E-state index >= 15 is 0 Å². The molecule has 2 aliphatic heterocycles. The van der Waals surface area contributed by atoms with Crippen molar-refractivity contribution in [2.45, 2.75) is 24.2 Å². The van der Waals surface area contributed by atoms with E-state index in [9.17, 15) is 17.6 Å². The summed E-state index contributed by atoms with van der Waals surface area (Å²) in [7, 11) is -3.86. The lowest BCUT2D eigenvalue weighted by molar-refractivity contribution is -0.133. The fourth-order valence-electron chi connectivity index (χ4n) is 3.38. The normalized spacial score (nSPS) is 20.6. The number of rotatable bonds is 4. The zero-order valence-electron chi connectivity index (χ0n) is 14.2. The Bertz CT molecular complexity index is 712. The lowest BCUT2D eigenvalue weighted by Gasteiger charge is -2.35. The number of halogens is 1. The Morgan fingerprint density at radius 3 is 2.24 bits per heavy atom. The SMILES string of the molecule is O=C(CN1CCCCC1)N1CCN(S(=O)(=O)c2ccccc2F)CC1. The number of piperidine rings is 1. The third kappa shape index (κ3) is 4.19. The molecule has 0 spiro atoms. The molecule has 0 saturated carbocycles. The molecule has 1 aromatic carbocycles. The molecule has 6 nitrogen and oxygen atoms in total. The van der Waals surface area contributed by atoms with Gasteiger partial charge in [-0.15, -0.1) is 0 Å². The van der Waals surface area contributed by atoms with Crippen LogP contribution in [0.5, 0.6) is 0 Å². The van der Waals surface area contributed by atoms with Crippen molar-refractivity contribution in [3.05, 3.63) is 30.1 Å². The number of carbonyl (C=O) groups excluding carboxylic acids is 1. The van der Waals surface area contributed by atoms with Crippen molar-refractivity contribution >= 4 is 15.9 Å². The van der Waals surface area contributed by atoms with E-state index in [0.717, 1.165) is 32.0 Å². The number of nitrogens with zero attached hydrogens (tertiary/aromatic N) is 3. The molecule has 138 valence electrons. The van der Waals surface area contributed by atoms with Crippen LogP contribution >= 0.6 is 0 Å². The van der Waals surface area contributed by atoms with Crippen molar-refractivity contribution < 1.29 is 17.6 Å². The fraction of sp³-hybridized carbons (Fsp3) is 0.588. The maximum atomic E-state index is 13.8. The van der Waals surface area contributed by atoms with Crippen LogP contribution in [0.1, 0.15) is 19.3 Å². The van der Waals surface area contributed by atoms with Crippen molar-refractivity contribution in [2.75, 3.05) is 45.8 Å². The summed E-state index contributed by atoms with van der Waals surface area (Å²) in [6, 6.07) is 5.39. The van der Waals surface area contributed by atoms with Crippen LogP contribution in [0.25, 0.3) is 0 Å². The number of likely N-dealkylation sites (tertiary alicyclic amines) is 1. The summed E-state index contributed by atoms with van der Waals surface area (Å²) < 4.78 is 40.2. The third-order valence-electron chi connectivity index (χ3n) is 4.85. The summed E-state index contributed by atoms with van der Waals surface area (Å²) in [5.74, 6) is -0.698. The van der Waals surface area contributed by atoms with Crippen molar-refractivity contribution in [1.82, 2.24) is 14.1 Å². The van der Waals surface area contributed by atoms with Crippen molar-refractivity contribution in [3.8, 4) is 0 Å². The summed E-state index contributed by atoms with van der Waals surface area (Å²) in [5.41, 5.74) is 0. The molecule has 25 heavy (non-hydrogen) atoms. The second kappa shape index (κ2) is 7.80. The Morgan fingerprint density at radius 1 is 0.960 bits per heavy atom. The van der Waals surface area contributed by atoms with Gasteiger partial charge >= 0.3 is 0 Å². The van der Waals surface area contributed by atoms with Crippen LogP contribution in [-0.2, 0) is 14.8 Å². The standard InChI is InChI=1S/C17H24FN3O3S/c18-15-6-2-3-7-16(15)25(23,24)21-12-10-20(11-13-21)17(22)14-19-8-4-1-5-9-19/h2-3,6-7H,1,4-5,8-14H2. The minimum Gasteiger partial charge on any atom is -0.339 e. The molecular weight excluding hydrogens is 345 g/mol. The average Bonchev–Trinajstić information content (AvgIpc) is 2.63. The minimum absolute atomic E-state index is 0.0461. The number of carbonyl (C=O) groups is 1. The van der Waals surface area contributed by atoms with Gasteiger partial charge in [-0.1, -0.05) is 18.6 Å². The first kappa shape index (κ1) is 18.3. The number of hydrogen-bond acceptors (Lipinski definition) is 4. The maximum absolute atomic E-state index is 13.8. The van der Waals surface area contributed by atoms with Gasteiger partial charge in [-0.05, 0) is 38.1 Å². The third-order valence-corrected chi connectivity index (χ3v) is 6.79. The van der Waals surface area contributed by atoms with Crippen molar-refractivity contribution in [1.29, 1.82) is 0 Å². The highest BCUT2D eigenvalue weighted by molar-refractivity contribution is 7.89. The molecule has 1 aromatic rings. The number of amides is 1. The highest BCUT2D eigenvalue weighted by Gasteiger charge is 2.32. The molecule has 0 aliphatic carbocycles. The van der Waals surface area contributed by atoms with Crippen LogP contribution in [0.4, 0.5) is 4.39 Å². The van der Waals surface area contributed by atoms with E-state index in [1.54, 1.807) is 4.90 Å². The van der Waals surface area contributed by atoms with E-state index in [4.69, 9.17) is 0 Å². The predicted octanol–water partition coefficient (Wildman–Crippen LogP) is 1.14. The minimum atomic E-state index is -3.86. The number of piperazine rings is 1. The van der Waals surface area contributed by atoms with Gasteiger partial charge in [0.05, 0.1) is 6.54 Å². The van der Waals surface area contributed by atoms with Crippen LogP contribution in [-0.4, -0.2) is 74.2 Å². The molecule has 8 heteroatoms. The smallest absolute Gasteiger partial charge is 0.246 e. The molecule has 0 N–H and O–H groups in total. The van der Waals surface area contributed by atoms with Gasteiger partial charge in [0.25, 0.3) is 0 Å². The molecule has 2 aliphatic rings. The molecule has 2 fully saturated rings. The fourth-order valence-corrected chi connectivity index (χ4v) is 4.87. The van der Waals surface area contributed by atoms with Crippen LogP contribution in [0.2, 0.25) is 0 Å². The summed E-state index contributed by atoms with van der Waals surface area (Å²) in [4.78, 5) is 16.0. The van der Waals surface area contributed by atoms with Crippen molar-refractivity contribution in [2.24, 2.45) is 0 Å². The van der Waals surface area contributed by atoms with Gasteiger partial charge in [0.1, 0.15) is 10.7 Å². The Hall–Kier alpha value is -1.51. The lowest BCUT2D eigenvalue weighted by atomic mass is 10.1. The molecule has 2 heterocycles. The largest absolute Gasteiger partial charge is 0.339 e. The van der Waals surface area contributed by atoms with Gasteiger partial charge in [-0.3, -0.25) is 9.69 Å². The monoisotopic (exact) mass is 369 g/mol. The topological polar surface area (TPSA) is 60.9 Å². The molecule has 0 unspecified atom stereocenters. The first-order valence-corrected chi connectivity index (χ1v) is 10.2. The van der Waals surface area contributed by atoms with E-state index in [0.29, 0.717) is 19.6 Å². The number of sulfonamides is 1. The molecule has 0 aromatic heterocycles. The van der Waals surface area contributed by atoms with Gasteiger partial charge in [-0.25, -0.2) is 12.8 Å². The quantitative estimate of drug-likeness (QED) is 0.799. The zero-order chi connectivity index (χ0) is 17.9. The van der Waals surface area contributed by atoms with Gasteiger partial charge < -0.3 is 4.90 Å². The molecule has 3 rings (SSSR count). The van der Waals surface area contributed by atoms with Crippen LogP contribution in [0.3, 0.4) is 0 Å². The predicted molar refractivity (Wildman–Crippen MR) is 92.0 cm³/mol. The molecule has 2 saturated heterocycles. The molecular formula is C17H24FN3O3S. The highest BCUT2D eigenvalue weighted by Crippen LogP contribution is 2.20. The van der Waals surface area contributed by atoms with Gasteiger partial charge in [0.15, 0.2) is 0 Å².